The van der Waals surface area contributed by atoms with Crippen LogP contribution in [0.15, 0.2) is 42.5 Å². The quantitative estimate of drug-likeness (QED) is 0.813. The van der Waals surface area contributed by atoms with Gasteiger partial charge in [-0.1, -0.05) is 23.7 Å². The number of rotatable bonds is 5. The number of hydrogen-bond donors (Lipinski definition) is 1. The Labute approximate surface area is 164 Å². The molecule has 0 radical (unpaired) electrons. The third kappa shape index (κ3) is 4.36. The van der Waals surface area contributed by atoms with E-state index in [1.54, 1.807) is 30.3 Å². The van der Waals surface area contributed by atoms with E-state index >= 15 is 0 Å². The molecular weight excluding hydrogens is 388 g/mol. The SMILES string of the molecule is CCOc1ccccc1NC(=O)c1ccc(N2CCCCS2(=O)=O)cc1Cl. The number of anilines is 2. The van der Waals surface area contributed by atoms with Gasteiger partial charge in [0.1, 0.15) is 5.75 Å². The van der Waals surface area contributed by atoms with Gasteiger partial charge in [0.2, 0.25) is 10.0 Å². The maximum atomic E-state index is 12.6. The summed E-state index contributed by atoms with van der Waals surface area (Å²) in [5.74, 6) is 0.307. The van der Waals surface area contributed by atoms with Crippen molar-refractivity contribution in [2.45, 2.75) is 19.8 Å². The number of carbonyl (C=O) groups excluding carboxylic acids is 1. The summed E-state index contributed by atoms with van der Waals surface area (Å²) >= 11 is 6.29. The minimum Gasteiger partial charge on any atom is -0.492 e. The van der Waals surface area contributed by atoms with Gasteiger partial charge < -0.3 is 10.1 Å². The van der Waals surface area contributed by atoms with Crippen molar-refractivity contribution in [3.8, 4) is 5.75 Å². The Morgan fingerprint density at radius 3 is 2.70 bits per heavy atom. The topological polar surface area (TPSA) is 75.7 Å². The Morgan fingerprint density at radius 1 is 1.22 bits per heavy atom. The molecule has 0 aromatic heterocycles. The van der Waals surface area contributed by atoms with Crippen molar-refractivity contribution in [2.75, 3.05) is 28.5 Å². The first kappa shape index (κ1) is 19.5. The van der Waals surface area contributed by atoms with Crippen LogP contribution < -0.4 is 14.4 Å². The van der Waals surface area contributed by atoms with Crippen LogP contribution >= 0.6 is 11.6 Å². The molecule has 1 N–H and O–H groups in total. The van der Waals surface area contributed by atoms with Crippen LogP contribution in [0.4, 0.5) is 11.4 Å². The van der Waals surface area contributed by atoms with E-state index in [2.05, 4.69) is 5.32 Å². The average molecular weight is 409 g/mol. The highest BCUT2D eigenvalue weighted by Gasteiger charge is 2.26. The van der Waals surface area contributed by atoms with E-state index in [0.29, 0.717) is 36.7 Å². The summed E-state index contributed by atoms with van der Waals surface area (Å²) in [7, 11) is -3.33. The van der Waals surface area contributed by atoms with Crippen LogP contribution in [0.25, 0.3) is 0 Å². The van der Waals surface area contributed by atoms with Crippen molar-refractivity contribution in [1.29, 1.82) is 0 Å². The summed E-state index contributed by atoms with van der Waals surface area (Å²) in [6.07, 6.45) is 1.46. The maximum Gasteiger partial charge on any atom is 0.257 e. The molecule has 144 valence electrons. The lowest BCUT2D eigenvalue weighted by atomic mass is 10.1. The van der Waals surface area contributed by atoms with Crippen molar-refractivity contribution >= 4 is 38.9 Å². The molecule has 0 atom stereocenters. The molecule has 2 aromatic rings. The van der Waals surface area contributed by atoms with Gasteiger partial charge >= 0.3 is 0 Å². The Morgan fingerprint density at radius 2 is 2.00 bits per heavy atom. The molecule has 1 fully saturated rings. The minimum atomic E-state index is -3.33. The molecule has 8 heteroatoms. The number of benzene rings is 2. The van der Waals surface area contributed by atoms with Crippen molar-refractivity contribution in [1.82, 2.24) is 0 Å². The summed E-state index contributed by atoms with van der Waals surface area (Å²) in [6.45, 7) is 2.77. The first-order valence-corrected chi connectivity index (χ1v) is 10.7. The zero-order valence-electron chi connectivity index (χ0n) is 14.9. The molecule has 1 aliphatic rings. The number of amides is 1. The second kappa shape index (κ2) is 8.19. The van der Waals surface area contributed by atoms with Gasteiger partial charge in [0.25, 0.3) is 5.91 Å². The first-order chi connectivity index (χ1) is 12.9. The Bertz CT molecular complexity index is 946. The number of carbonyl (C=O) groups is 1. The number of hydrogen-bond acceptors (Lipinski definition) is 4. The minimum absolute atomic E-state index is 0.126. The van der Waals surface area contributed by atoms with E-state index in [1.165, 1.54) is 10.4 Å². The lowest BCUT2D eigenvalue weighted by molar-refractivity contribution is 0.102. The molecule has 0 unspecified atom stereocenters. The predicted octanol–water partition coefficient (Wildman–Crippen LogP) is 3.92. The largest absolute Gasteiger partial charge is 0.492 e. The normalized spacial score (nSPS) is 16.0. The monoisotopic (exact) mass is 408 g/mol. The summed E-state index contributed by atoms with van der Waals surface area (Å²) in [5.41, 5.74) is 1.29. The fraction of sp³-hybridized carbons (Fsp3) is 0.316. The van der Waals surface area contributed by atoms with Crippen molar-refractivity contribution < 1.29 is 17.9 Å². The van der Waals surface area contributed by atoms with Crippen LogP contribution in [0, 0.1) is 0 Å². The smallest absolute Gasteiger partial charge is 0.257 e. The molecule has 1 heterocycles. The van der Waals surface area contributed by atoms with Crippen LogP contribution in [0.2, 0.25) is 5.02 Å². The first-order valence-electron chi connectivity index (χ1n) is 8.75. The van der Waals surface area contributed by atoms with Gasteiger partial charge in [-0.15, -0.1) is 0 Å². The van der Waals surface area contributed by atoms with Gasteiger partial charge in [-0.2, -0.15) is 0 Å². The number of ether oxygens (including phenoxy) is 1. The highest BCUT2D eigenvalue weighted by molar-refractivity contribution is 7.92. The lowest BCUT2D eigenvalue weighted by Crippen LogP contribution is -2.37. The molecule has 0 saturated carbocycles. The molecule has 3 rings (SSSR count). The standard InChI is InChI=1S/C19H21ClN2O4S/c1-2-26-18-8-4-3-7-17(18)21-19(23)15-10-9-14(13-16(15)20)22-11-5-6-12-27(22,24)25/h3-4,7-10,13H,2,5-6,11-12H2,1H3,(H,21,23). The summed E-state index contributed by atoms with van der Waals surface area (Å²) in [6, 6.07) is 11.8. The van der Waals surface area contributed by atoms with Gasteiger partial charge in [-0.25, -0.2) is 8.42 Å². The van der Waals surface area contributed by atoms with Crippen LogP contribution in [-0.4, -0.2) is 33.2 Å². The predicted molar refractivity (Wildman–Crippen MR) is 107 cm³/mol. The molecule has 6 nitrogen and oxygen atoms in total. The summed E-state index contributed by atoms with van der Waals surface area (Å²) < 4.78 is 31.3. The number of nitrogens with zero attached hydrogens (tertiary/aromatic N) is 1. The van der Waals surface area contributed by atoms with Crippen LogP contribution in [0.1, 0.15) is 30.1 Å². The molecule has 2 aromatic carbocycles. The number of sulfonamides is 1. The van der Waals surface area contributed by atoms with Crippen molar-refractivity contribution in [2.24, 2.45) is 0 Å². The Kier molecular flexibility index (Phi) is 5.92. The van der Waals surface area contributed by atoms with E-state index in [4.69, 9.17) is 16.3 Å². The van der Waals surface area contributed by atoms with Crippen LogP contribution in [0.3, 0.4) is 0 Å². The van der Waals surface area contributed by atoms with Gasteiger partial charge in [0.15, 0.2) is 0 Å². The summed E-state index contributed by atoms with van der Waals surface area (Å²) in [5, 5.41) is 2.98. The second-order valence-corrected chi connectivity index (χ2v) is 8.56. The van der Waals surface area contributed by atoms with E-state index in [9.17, 15) is 13.2 Å². The van der Waals surface area contributed by atoms with Gasteiger partial charge in [-0.3, -0.25) is 9.10 Å². The van der Waals surface area contributed by atoms with Crippen molar-refractivity contribution in [3.63, 3.8) is 0 Å². The molecule has 27 heavy (non-hydrogen) atoms. The molecule has 0 bridgehead atoms. The zero-order chi connectivity index (χ0) is 19.4. The van der Waals surface area contributed by atoms with E-state index in [0.717, 1.165) is 6.42 Å². The second-order valence-electron chi connectivity index (χ2n) is 6.14. The Balaban J connectivity index is 1.83. The van der Waals surface area contributed by atoms with E-state index < -0.39 is 10.0 Å². The van der Waals surface area contributed by atoms with E-state index in [-0.39, 0.29) is 22.2 Å². The molecular formula is C19H21ClN2O4S. The van der Waals surface area contributed by atoms with Crippen LogP contribution in [-0.2, 0) is 10.0 Å². The summed E-state index contributed by atoms with van der Waals surface area (Å²) in [4.78, 5) is 12.6. The fourth-order valence-corrected chi connectivity index (χ4v) is 4.86. The molecule has 0 spiro atoms. The van der Waals surface area contributed by atoms with Gasteiger partial charge in [0.05, 0.1) is 34.3 Å². The molecule has 1 amide bonds. The number of para-hydroxylation sites is 2. The van der Waals surface area contributed by atoms with Crippen LogP contribution in [0.5, 0.6) is 5.75 Å². The highest BCUT2D eigenvalue weighted by Crippen LogP contribution is 2.30. The van der Waals surface area contributed by atoms with Crippen molar-refractivity contribution in [3.05, 3.63) is 53.1 Å². The lowest BCUT2D eigenvalue weighted by Gasteiger charge is -2.28. The van der Waals surface area contributed by atoms with Gasteiger partial charge in [0, 0.05) is 6.54 Å². The zero-order valence-corrected chi connectivity index (χ0v) is 16.5. The van der Waals surface area contributed by atoms with E-state index in [1.807, 2.05) is 13.0 Å². The Hall–Kier alpha value is -2.25. The average Bonchev–Trinajstić information content (AvgIpc) is 2.63. The third-order valence-electron chi connectivity index (χ3n) is 4.27. The highest BCUT2D eigenvalue weighted by atomic mass is 35.5. The fourth-order valence-electron chi connectivity index (χ4n) is 2.96. The molecule has 1 aliphatic heterocycles. The van der Waals surface area contributed by atoms with Gasteiger partial charge in [-0.05, 0) is 50.1 Å². The molecule has 1 saturated heterocycles. The number of halogens is 1. The maximum absolute atomic E-state index is 12.6. The number of nitrogens with one attached hydrogen (secondary N) is 1. The third-order valence-corrected chi connectivity index (χ3v) is 6.45. The molecule has 0 aliphatic carbocycles.